The summed E-state index contributed by atoms with van der Waals surface area (Å²) in [7, 11) is 1.60. The van der Waals surface area contributed by atoms with Gasteiger partial charge in [0.15, 0.2) is 0 Å². The van der Waals surface area contributed by atoms with Crippen LogP contribution in [0.2, 0.25) is 0 Å². The minimum atomic E-state index is 0. The first-order valence-corrected chi connectivity index (χ1v) is 3.31. The molecule has 0 aliphatic carbocycles. The van der Waals surface area contributed by atoms with Gasteiger partial charge in [0, 0.05) is 16.6 Å². The van der Waals surface area contributed by atoms with E-state index in [-0.39, 0.29) is 29.6 Å². The number of anilines is 1. The molecule has 0 saturated carbocycles. The molecule has 0 amide bonds. The second kappa shape index (κ2) is 4.93. The molecule has 0 radical (unpaired) electrons. The molecule has 1 aromatic rings. The summed E-state index contributed by atoms with van der Waals surface area (Å²) in [4.78, 5) is 0.779. The van der Waals surface area contributed by atoms with E-state index in [4.69, 9.17) is 10.5 Å². The molecule has 2 nitrogen and oxygen atoms in total. The maximum Gasteiger partial charge on any atom is 1.00 e. The van der Waals surface area contributed by atoms with Crippen LogP contribution in [0.15, 0.2) is 23.1 Å². The van der Waals surface area contributed by atoms with Crippen LogP contribution in [0.3, 0.4) is 0 Å². The van der Waals surface area contributed by atoms with Gasteiger partial charge in [0.1, 0.15) is 5.75 Å². The fourth-order valence-corrected chi connectivity index (χ4v) is 0.799. The van der Waals surface area contributed by atoms with Crippen LogP contribution in [0.5, 0.6) is 5.75 Å². The number of rotatable bonds is 1. The molecule has 0 aliphatic rings. The van der Waals surface area contributed by atoms with Gasteiger partial charge < -0.3 is 10.5 Å². The molecular weight excluding hydrogens is 169 g/mol. The Balaban J connectivity index is 0.000001000. The smallest absolute Gasteiger partial charge is 0.497 e. The van der Waals surface area contributed by atoms with Gasteiger partial charge in [0.25, 0.3) is 0 Å². The van der Waals surface area contributed by atoms with Crippen molar-refractivity contribution >= 4 is 18.3 Å². The van der Waals surface area contributed by atoms with Gasteiger partial charge in [-0.15, -0.1) is 12.6 Å². The SMILES string of the molecule is COc1ccc(S)c(N)c1.[Na+]. The summed E-state index contributed by atoms with van der Waals surface area (Å²) in [6.45, 7) is 0. The van der Waals surface area contributed by atoms with E-state index in [9.17, 15) is 0 Å². The number of thiol groups is 1. The molecule has 0 fully saturated rings. The van der Waals surface area contributed by atoms with Crippen molar-refractivity contribution in [3.05, 3.63) is 18.2 Å². The van der Waals surface area contributed by atoms with E-state index in [0.717, 1.165) is 10.6 Å². The topological polar surface area (TPSA) is 35.2 Å². The van der Waals surface area contributed by atoms with Crippen LogP contribution in [0, 0.1) is 0 Å². The Bertz CT molecular complexity index is 242. The van der Waals surface area contributed by atoms with E-state index in [1.165, 1.54) is 0 Å². The van der Waals surface area contributed by atoms with Crippen LogP contribution >= 0.6 is 12.6 Å². The molecule has 0 heterocycles. The third-order valence-corrected chi connectivity index (χ3v) is 1.64. The average molecular weight is 178 g/mol. The Labute approximate surface area is 93.8 Å². The molecule has 0 atom stereocenters. The minimum Gasteiger partial charge on any atom is -0.497 e. The van der Waals surface area contributed by atoms with Gasteiger partial charge in [-0.05, 0) is 12.1 Å². The zero-order chi connectivity index (χ0) is 7.56. The fourth-order valence-electron chi connectivity index (χ4n) is 0.660. The first-order chi connectivity index (χ1) is 4.74. The Morgan fingerprint density at radius 2 is 2.09 bits per heavy atom. The molecule has 0 aromatic heterocycles. The van der Waals surface area contributed by atoms with Gasteiger partial charge in [-0.1, -0.05) is 0 Å². The van der Waals surface area contributed by atoms with Crippen LogP contribution in [-0.2, 0) is 0 Å². The van der Waals surface area contributed by atoms with E-state index in [2.05, 4.69) is 12.6 Å². The van der Waals surface area contributed by atoms with Crippen LogP contribution in [0.25, 0.3) is 0 Å². The third kappa shape index (κ3) is 2.95. The fraction of sp³-hybridized carbons (Fsp3) is 0.143. The number of hydrogen-bond donors (Lipinski definition) is 2. The van der Waals surface area contributed by atoms with E-state index in [1.54, 1.807) is 19.2 Å². The standard InChI is InChI=1S/C7H9NOS.Na/c1-9-5-2-3-7(10)6(8)4-5;/h2-4,10H,8H2,1H3;/q;+1. The first kappa shape index (κ1) is 11.2. The normalized spacial score (nSPS) is 8.55. The molecular formula is C7H9NNaOS+. The van der Waals surface area contributed by atoms with Gasteiger partial charge >= 0.3 is 29.6 Å². The van der Waals surface area contributed by atoms with Crippen molar-refractivity contribution in [3.8, 4) is 5.75 Å². The van der Waals surface area contributed by atoms with Crippen LogP contribution in [0.1, 0.15) is 0 Å². The second-order valence-electron chi connectivity index (χ2n) is 1.92. The summed E-state index contributed by atoms with van der Waals surface area (Å²) >= 11 is 4.10. The van der Waals surface area contributed by atoms with Crippen molar-refractivity contribution in [2.24, 2.45) is 0 Å². The number of nitrogen functional groups attached to an aromatic ring is 1. The van der Waals surface area contributed by atoms with Crippen molar-refractivity contribution in [1.82, 2.24) is 0 Å². The zero-order valence-corrected chi connectivity index (χ0v) is 9.56. The summed E-state index contributed by atoms with van der Waals surface area (Å²) in [5.74, 6) is 0.760. The van der Waals surface area contributed by atoms with E-state index in [0.29, 0.717) is 5.69 Å². The van der Waals surface area contributed by atoms with Crippen molar-refractivity contribution in [2.45, 2.75) is 4.90 Å². The molecule has 0 bridgehead atoms. The molecule has 0 spiro atoms. The predicted molar refractivity (Wildman–Crippen MR) is 44.7 cm³/mol. The van der Waals surface area contributed by atoms with Gasteiger partial charge in [0.2, 0.25) is 0 Å². The number of methoxy groups -OCH3 is 1. The number of ether oxygens (including phenoxy) is 1. The molecule has 0 saturated heterocycles. The van der Waals surface area contributed by atoms with E-state index >= 15 is 0 Å². The Kier molecular flexibility index (Phi) is 5.01. The van der Waals surface area contributed by atoms with E-state index in [1.807, 2.05) is 6.07 Å². The number of hydrogen-bond acceptors (Lipinski definition) is 3. The van der Waals surface area contributed by atoms with Gasteiger partial charge in [-0.2, -0.15) is 0 Å². The molecule has 54 valence electrons. The van der Waals surface area contributed by atoms with Gasteiger partial charge in [0.05, 0.1) is 7.11 Å². The second-order valence-corrected chi connectivity index (χ2v) is 2.41. The molecule has 11 heavy (non-hydrogen) atoms. The molecule has 1 rings (SSSR count). The van der Waals surface area contributed by atoms with Crippen molar-refractivity contribution < 1.29 is 34.3 Å². The third-order valence-electron chi connectivity index (χ3n) is 1.23. The molecule has 0 aliphatic heterocycles. The van der Waals surface area contributed by atoms with Crippen molar-refractivity contribution in [2.75, 3.05) is 12.8 Å². The quantitative estimate of drug-likeness (QED) is 0.314. The maximum atomic E-state index is 5.54. The summed E-state index contributed by atoms with van der Waals surface area (Å²) in [6, 6.07) is 5.36. The van der Waals surface area contributed by atoms with Gasteiger partial charge in [-0.3, -0.25) is 0 Å². The monoisotopic (exact) mass is 178 g/mol. The largest absolute Gasteiger partial charge is 1.00 e. The summed E-state index contributed by atoms with van der Waals surface area (Å²) < 4.78 is 4.94. The van der Waals surface area contributed by atoms with Crippen LogP contribution in [0.4, 0.5) is 5.69 Å². The predicted octanol–water partition coefficient (Wildman–Crippen LogP) is -1.43. The minimum absolute atomic E-state index is 0. The molecule has 1 aromatic carbocycles. The Hall–Kier alpha value is 0.170. The van der Waals surface area contributed by atoms with Gasteiger partial charge in [-0.25, -0.2) is 0 Å². The zero-order valence-electron chi connectivity index (χ0n) is 6.66. The Morgan fingerprint density at radius 3 is 2.55 bits per heavy atom. The first-order valence-electron chi connectivity index (χ1n) is 2.86. The van der Waals surface area contributed by atoms with E-state index < -0.39 is 0 Å². The summed E-state index contributed by atoms with van der Waals surface area (Å²) in [6.07, 6.45) is 0. The van der Waals surface area contributed by atoms with Crippen LogP contribution in [-0.4, -0.2) is 7.11 Å². The number of nitrogens with two attached hydrogens (primary N) is 1. The summed E-state index contributed by atoms with van der Waals surface area (Å²) in [5.41, 5.74) is 6.18. The molecule has 2 N–H and O–H groups in total. The Morgan fingerprint density at radius 1 is 1.45 bits per heavy atom. The van der Waals surface area contributed by atoms with Crippen molar-refractivity contribution in [3.63, 3.8) is 0 Å². The number of benzene rings is 1. The summed E-state index contributed by atoms with van der Waals surface area (Å²) in [5, 5.41) is 0. The molecule has 4 heteroatoms. The maximum absolute atomic E-state index is 5.54. The average Bonchev–Trinajstić information content (AvgIpc) is 1.95. The van der Waals surface area contributed by atoms with Crippen LogP contribution < -0.4 is 40.0 Å². The molecule has 0 unspecified atom stereocenters. The van der Waals surface area contributed by atoms with Crippen molar-refractivity contribution in [1.29, 1.82) is 0 Å².